The lowest BCUT2D eigenvalue weighted by Gasteiger charge is -2.16. The van der Waals surface area contributed by atoms with Crippen LogP contribution in [-0.2, 0) is 21.4 Å². The molecule has 0 aliphatic carbocycles. The van der Waals surface area contributed by atoms with E-state index in [4.69, 9.17) is 0 Å². The Morgan fingerprint density at radius 3 is 2.19 bits per heavy atom. The van der Waals surface area contributed by atoms with Gasteiger partial charge in [0.05, 0.1) is 4.90 Å². The van der Waals surface area contributed by atoms with Crippen molar-refractivity contribution in [3.8, 4) is 0 Å². The van der Waals surface area contributed by atoms with Crippen LogP contribution < -0.4 is 9.62 Å². The largest absolute Gasteiger partial charge is 0.312 e. The molecule has 1 saturated heterocycles. The molecule has 0 saturated carbocycles. The van der Waals surface area contributed by atoms with Gasteiger partial charge in [-0.15, -0.1) is 0 Å². The van der Waals surface area contributed by atoms with Crippen LogP contribution in [0.2, 0.25) is 0 Å². The highest BCUT2D eigenvalue weighted by molar-refractivity contribution is 7.89. The summed E-state index contributed by atoms with van der Waals surface area (Å²) in [5.41, 5.74) is 4.26. The predicted octanol–water partition coefficient (Wildman–Crippen LogP) is 3.22. The fraction of sp³-hybridized carbons (Fsp3) is 0.350. The Kier molecular flexibility index (Phi) is 5.16. The lowest BCUT2D eigenvalue weighted by Crippen LogP contribution is -2.25. The van der Waals surface area contributed by atoms with Crippen LogP contribution in [0.25, 0.3) is 0 Å². The number of nitrogens with one attached hydrogen (secondary N) is 1. The van der Waals surface area contributed by atoms with Gasteiger partial charge >= 0.3 is 0 Å². The number of hydrogen-bond acceptors (Lipinski definition) is 3. The van der Waals surface area contributed by atoms with Gasteiger partial charge in [-0.05, 0) is 56.0 Å². The number of carbonyl (C=O) groups is 1. The van der Waals surface area contributed by atoms with Crippen molar-refractivity contribution in [3.63, 3.8) is 0 Å². The van der Waals surface area contributed by atoms with Crippen molar-refractivity contribution in [2.45, 2.75) is 45.1 Å². The van der Waals surface area contributed by atoms with Crippen molar-refractivity contribution in [3.05, 3.63) is 58.7 Å². The number of benzene rings is 2. The Hall–Kier alpha value is -2.18. The summed E-state index contributed by atoms with van der Waals surface area (Å²) in [6.45, 7) is 6.55. The quantitative estimate of drug-likeness (QED) is 0.876. The number of hydrogen-bond donors (Lipinski definition) is 1. The molecule has 1 fully saturated rings. The average molecular weight is 372 g/mol. The van der Waals surface area contributed by atoms with Gasteiger partial charge < -0.3 is 4.90 Å². The molecule has 1 amide bonds. The maximum atomic E-state index is 12.7. The SMILES string of the molecule is Cc1cc(C)c(S(=O)(=O)NCc2ccc(N3CCCC3=O)cc2)c(C)c1. The fourth-order valence-electron chi connectivity index (χ4n) is 3.56. The van der Waals surface area contributed by atoms with E-state index in [1.165, 1.54) is 0 Å². The summed E-state index contributed by atoms with van der Waals surface area (Å²) in [5, 5.41) is 0. The number of carbonyl (C=O) groups excluding carboxylic acids is 1. The number of rotatable bonds is 5. The van der Waals surface area contributed by atoms with Gasteiger partial charge in [0.25, 0.3) is 0 Å². The molecule has 26 heavy (non-hydrogen) atoms. The van der Waals surface area contributed by atoms with E-state index in [2.05, 4.69) is 4.72 Å². The van der Waals surface area contributed by atoms with Crippen LogP contribution in [0, 0.1) is 20.8 Å². The van der Waals surface area contributed by atoms with E-state index in [1.54, 1.807) is 4.90 Å². The van der Waals surface area contributed by atoms with Crippen molar-refractivity contribution in [2.24, 2.45) is 0 Å². The van der Waals surface area contributed by atoms with Gasteiger partial charge in [-0.2, -0.15) is 0 Å². The van der Waals surface area contributed by atoms with E-state index in [0.29, 0.717) is 11.3 Å². The molecule has 2 aromatic rings. The highest BCUT2D eigenvalue weighted by Gasteiger charge is 2.22. The molecule has 1 aliphatic rings. The summed E-state index contributed by atoms with van der Waals surface area (Å²) in [6.07, 6.45) is 1.48. The zero-order valence-corrected chi connectivity index (χ0v) is 16.2. The number of sulfonamides is 1. The predicted molar refractivity (Wildman–Crippen MR) is 103 cm³/mol. The minimum Gasteiger partial charge on any atom is -0.312 e. The minimum atomic E-state index is -3.59. The van der Waals surface area contributed by atoms with Crippen LogP contribution in [-0.4, -0.2) is 20.9 Å². The third kappa shape index (κ3) is 3.81. The summed E-state index contributed by atoms with van der Waals surface area (Å²) in [5.74, 6) is 0.142. The second kappa shape index (κ2) is 7.21. The first-order valence-electron chi connectivity index (χ1n) is 8.75. The first kappa shape index (κ1) is 18.6. The minimum absolute atomic E-state index is 0.142. The summed E-state index contributed by atoms with van der Waals surface area (Å²) in [7, 11) is -3.59. The van der Waals surface area contributed by atoms with Gasteiger partial charge in [-0.3, -0.25) is 4.79 Å². The molecule has 0 bridgehead atoms. The van der Waals surface area contributed by atoms with Gasteiger partial charge in [-0.25, -0.2) is 13.1 Å². The van der Waals surface area contributed by atoms with Crippen LogP contribution in [0.3, 0.4) is 0 Å². The maximum absolute atomic E-state index is 12.7. The number of nitrogens with zero attached hydrogens (tertiary/aromatic N) is 1. The molecule has 6 heteroatoms. The summed E-state index contributed by atoms with van der Waals surface area (Å²) in [6, 6.07) is 11.2. The van der Waals surface area contributed by atoms with Crippen LogP contribution in [0.4, 0.5) is 5.69 Å². The van der Waals surface area contributed by atoms with Crippen LogP contribution in [0.1, 0.15) is 35.1 Å². The Morgan fingerprint density at radius 2 is 1.65 bits per heavy atom. The molecule has 1 heterocycles. The molecule has 3 rings (SSSR count). The van der Waals surface area contributed by atoms with E-state index in [9.17, 15) is 13.2 Å². The number of amides is 1. The van der Waals surface area contributed by atoms with Gasteiger partial charge in [0.2, 0.25) is 15.9 Å². The normalized spacial score (nSPS) is 14.9. The topological polar surface area (TPSA) is 66.5 Å². The highest BCUT2D eigenvalue weighted by Crippen LogP contribution is 2.23. The highest BCUT2D eigenvalue weighted by atomic mass is 32.2. The molecule has 0 unspecified atom stereocenters. The monoisotopic (exact) mass is 372 g/mol. The third-order valence-electron chi connectivity index (χ3n) is 4.66. The lowest BCUT2D eigenvalue weighted by atomic mass is 10.1. The van der Waals surface area contributed by atoms with Gasteiger partial charge in [-0.1, -0.05) is 29.8 Å². The first-order chi connectivity index (χ1) is 12.3. The van der Waals surface area contributed by atoms with Crippen molar-refractivity contribution in [2.75, 3.05) is 11.4 Å². The molecule has 1 aliphatic heterocycles. The first-order valence-corrected chi connectivity index (χ1v) is 10.2. The molecule has 2 aromatic carbocycles. The Balaban J connectivity index is 1.73. The summed E-state index contributed by atoms with van der Waals surface area (Å²) >= 11 is 0. The Morgan fingerprint density at radius 1 is 1.04 bits per heavy atom. The van der Waals surface area contributed by atoms with E-state index < -0.39 is 10.0 Å². The molecule has 0 spiro atoms. The molecular weight excluding hydrogens is 348 g/mol. The van der Waals surface area contributed by atoms with Gasteiger partial charge in [0.1, 0.15) is 0 Å². The molecule has 0 atom stereocenters. The third-order valence-corrected chi connectivity index (χ3v) is 6.37. The maximum Gasteiger partial charge on any atom is 0.241 e. The Labute approximate surface area is 155 Å². The Bertz CT molecular complexity index is 911. The molecule has 1 N–H and O–H groups in total. The molecule has 138 valence electrons. The number of aryl methyl sites for hydroxylation is 3. The lowest BCUT2D eigenvalue weighted by molar-refractivity contribution is -0.117. The van der Waals surface area contributed by atoms with Crippen LogP contribution in [0.5, 0.6) is 0 Å². The number of anilines is 1. The zero-order valence-electron chi connectivity index (χ0n) is 15.4. The second-order valence-corrected chi connectivity index (χ2v) is 8.57. The van der Waals surface area contributed by atoms with E-state index in [1.807, 2.05) is 57.2 Å². The van der Waals surface area contributed by atoms with Crippen molar-refractivity contribution < 1.29 is 13.2 Å². The standard InChI is InChI=1S/C20H24N2O3S/c1-14-11-15(2)20(16(3)12-14)26(24,25)21-13-17-6-8-18(9-7-17)22-10-4-5-19(22)23/h6-9,11-12,21H,4-5,10,13H2,1-3H3. The molecule has 0 radical (unpaired) electrons. The van der Waals surface area contributed by atoms with Gasteiger partial charge in [0.15, 0.2) is 0 Å². The van der Waals surface area contributed by atoms with E-state index in [-0.39, 0.29) is 12.5 Å². The van der Waals surface area contributed by atoms with Crippen molar-refractivity contribution in [1.29, 1.82) is 0 Å². The van der Waals surface area contributed by atoms with Crippen LogP contribution >= 0.6 is 0 Å². The van der Waals surface area contributed by atoms with Gasteiger partial charge in [0, 0.05) is 25.2 Å². The van der Waals surface area contributed by atoms with E-state index >= 15 is 0 Å². The fourth-order valence-corrected chi connectivity index (χ4v) is 5.02. The van der Waals surface area contributed by atoms with Crippen molar-refractivity contribution in [1.82, 2.24) is 4.72 Å². The second-order valence-electron chi connectivity index (χ2n) is 6.87. The van der Waals surface area contributed by atoms with Crippen molar-refractivity contribution >= 4 is 21.6 Å². The van der Waals surface area contributed by atoms with Crippen LogP contribution in [0.15, 0.2) is 41.3 Å². The molecule has 5 nitrogen and oxygen atoms in total. The molecule has 0 aromatic heterocycles. The summed E-state index contributed by atoms with van der Waals surface area (Å²) < 4.78 is 28.1. The summed E-state index contributed by atoms with van der Waals surface area (Å²) in [4.78, 5) is 13.9. The zero-order chi connectivity index (χ0) is 18.9. The smallest absolute Gasteiger partial charge is 0.241 e. The molecular formula is C20H24N2O3S. The van der Waals surface area contributed by atoms with E-state index in [0.717, 1.165) is 40.9 Å². The average Bonchev–Trinajstić information content (AvgIpc) is 2.98.